The zero-order chi connectivity index (χ0) is 17.4. The minimum absolute atomic E-state index is 0.0862. The van der Waals surface area contributed by atoms with Crippen LogP contribution in [-0.4, -0.2) is 30.6 Å². The van der Waals surface area contributed by atoms with E-state index in [0.717, 1.165) is 44.3 Å². The molecule has 2 rings (SSSR count). The van der Waals surface area contributed by atoms with E-state index in [1.807, 2.05) is 31.2 Å². The quantitative estimate of drug-likeness (QED) is 0.629. The van der Waals surface area contributed by atoms with E-state index in [1.165, 1.54) is 0 Å². The van der Waals surface area contributed by atoms with Crippen molar-refractivity contribution in [2.45, 2.75) is 51.0 Å². The first-order valence-electron chi connectivity index (χ1n) is 9.02. The predicted octanol–water partition coefficient (Wildman–Crippen LogP) is 3.22. The fraction of sp³-hybridized carbons (Fsp3) is 0.632. The van der Waals surface area contributed by atoms with Gasteiger partial charge in [0.2, 0.25) is 5.91 Å². The molecule has 4 nitrogen and oxygen atoms in total. The number of aliphatic hydroxyl groups is 1. The van der Waals surface area contributed by atoms with Gasteiger partial charge in [0.1, 0.15) is 0 Å². The molecule has 1 aliphatic rings. The summed E-state index contributed by atoms with van der Waals surface area (Å²) in [6.07, 6.45) is 4.84. The highest BCUT2D eigenvalue weighted by molar-refractivity contribution is 6.30. The number of amides is 1. The number of benzene rings is 1. The first-order valence-corrected chi connectivity index (χ1v) is 9.40. The Morgan fingerprint density at radius 2 is 2.33 bits per heavy atom. The number of piperidine rings is 1. The highest BCUT2D eigenvalue weighted by Gasteiger charge is 2.38. The Morgan fingerprint density at radius 3 is 3.00 bits per heavy atom. The van der Waals surface area contributed by atoms with Crippen LogP contribution in [0.25, 0.3) is 0 Å². The number of hydrogen-bond donors (Lipinski definition) is 3. The zero-order valence-electron chi connectivity index (χ0n) is 14.5. The van der Waals surface area contributed by atoms with Crippen molar-refractivity contribution in [3.8, 4) is 0 Å². The van der Waals surface area contributed by atoms with Crippen LogP contribution >= 0.6 is 11.6 Å². The molecule has 1 aliphatic heterocycles. The van der Waals surface area contributed by atoms with Gasteiger partial charge in [0.15, 0.2) is 0 Å². The third-order valence-corrected chi connectivity index (χ3v) is 5.07. The highest BCUT2D eigenvalue weighted by atomic mass is 35.5. The molecule has 1 aromatic carbocycles. The Morgan fingerprint density at radius 1 is 1.50 bits per heavy atom. The van der Waals surface area contributed by atoms with E-state index in [9.17, 15) is 9.90 Å². The maximum atomic E-state index is 11.6. The fourth-order valence-electron chi connectivity index (χ4n) is 3.50. The summed E-state index contributed by atoms with van der Waals surface area (Å²) in [5.41, 5.74) is -0.0306. The third-order valence-electron chi connectivity index (χ3n) is 4.83. The lowest BCUT2D eigenvalue weighted by Crippen LogP contribution is -2.44. The molecule has 1 saturated heterocycles. The van der Waals surface area contributed by atoms with Crippen LogP contribution in [0.1, 0.15) is 51.0 Å². The van der Waals surface area contributed by atoms with Gasteiger partial charge in [0.05, 0.1) is 5.60 Å². The van der Waals surface area contributed by atoms with Gasteiger partial charge < -0.3 is 15.7 Å². The minimum Gasteiger partial charge on any atom is -0.385 e. The predicted molar refractivity (Wildman–Crippen MR) is 98.1 cm³/mol. The number of nitrogens with one attached hydrogen (secondary N) is 2. The van der Waals surface area contributed by atoms with Crippen molar-refractivity contribution in [1.29, 1.82) is 0 Å². The van der Waals surface area contributed by atoms with Gasteiger partial charge in [-0.15, -0.1) is 0 Å². The summed E-state index contributed by atoms with van der Waals surface area (Å²) in [5, 5.41) is 18.5. The summed E-state index contributed by atoms with van der Waals surface area (Å²) in [6.45, 7) is 4.41. The van der Waals surface area contributed by atoms with E-state index < -0.39 is 5.60 Å². The van der Waals surface area contributed by atoms with Gasteiger partial charge in [-0.25, -0.2) is 0 Å². The Balaban J connectivity index is 2.04. The molecule has 1 unspecified atom stereocenters. The molecule has 1 aromatic rings. The van der Waals surface area contributed by atoms with E-state index in [0.29, 0.717) is 24.4 Å². The number of carbonyl (C=O) groups is 1. The van der Waals surface area contributed by atoms with Crippen molar-refractivity contribution in [2.24, 2.45) is 5.92 Å². The normalized spacial score (nSPS) is 20.4. The maximum absolute atomic E-state index is 11.6. The van der Waals surface area contributed by atoms with Gasteiger partial charge in [0.25, 0.3) is 0 Å². The Hall–Kier alpha value is -1.10. The molecule has 0 aliphatic carbocycles. The molecule has 134 valence electrons. The van der Waals surface area contributed by atoms with Crippen molar-refractivity contribution >= 4 is 17.5 Å². The molecule has 1 fully saturated rings. The van der Waals surface area contributed by atoms with E-state index in [-0.39, 0.29) is 11.8 Å². The number of carbonyl (C=O) groups excluding carboxylic acids is 1. The molecule has 3 N–H and O–H groups in total. The van der Waals surface area contributed by atoms with Crippen LogP contribution in [-0.2, 0) is 10.4 Å². The smallest absolute Gasteiger partial charge is 0.219 e. The summed E-state index contributed by atoms with van der Waals surface area (Å²) in [5.74, 6) is 0.249. The van der Waals surface area contributed by atoms with Crippen molar-refractivity contribution in [2.75, 3.05) is 19.6 Å². The zero-order valence-corrected chi connectivity index (χ0v) is 15.2. The van der Waals surface area contributed by atoms with Gasteiger partial charge in [0, 0.05) is 30.5 Å². The van der Waals surface area contributed by atoms with Crippen LogP contribution in [0.5, 0.6) is 0 Å². The molecule has 0 aromatic heterocycles. The molecular formula is C19H29ClN2O2. The Labute approximate surface area is 150 Å². The van der Waals surface area contributed by atoms with Gasteiger partial charge in [-0.1, -0.05) is 30.7 Å². The van der Waals surface area contributed by atoms with Gasteiger partial charge in [-0.3, -0.25) is 4.79 Å². The molecule has 0 bridgehead atoms. The largest absolute Gasteiger partial charge is 0.385 e. The molecule has 24 heavy (non-hydrogen) atoms. The summed E-state index contributed by atoms with van der Waals surface area (Å²) in [4.78, 5) is 11.6. The van der Waals surface area contributed by atoms with Crippen LogP contribution in [0.2, 0.25) is 5.02 Å². The van der Waals surface area contributed by atoms with Crippen molar-refractivity contribution in [3.05, 3.63) is 34.9 Å². The number of hydrogen-bond acceptors (Lipinski definition) is 3. The van der Waals surface area contributed by atoms with Crippen LogP contribution in [0, 0.1) is 5.92 Å². The minimum atomic E-state index is -0.909. The summed E-state index contributed by atoms with van der Waals surface area (Å²) in [7, 11) is 0. The molecule has 0 spiro atoms. The van der Waals surface area contributed by atoms with E-state index in [1.54, 1.807) is 0 Å². The second-order valence-electron chi connectivity index (χ2n) is 6.68. The average molecular weight is 353 g/mol. The molecule has 5 heteroatoms. The second kappa shape index (κ2) is 9.40. The monoisotopic (exact) mass is 352 g/mol. The van der Waals surface area contributed by atoms with Crippen molar-refractivity contribution < 1.29 is 9.90 Å². The molecular weight excluding hydrogens is 324 g/mol. The third kappa shape index (κ3) is 5.20. The second-order valence-corrected chi connectivity index (χ2v) is 7.12. The van der Waals surface area contributed by atoms with Gasteiger partial charge in [-0.05, 0) is 56.3 Å². The standard InChI is InChI=1S/C19H29ClN2O2/c1-2-6-18(23)22-12-5-10-19(24,16-8-4-11-21-14-16)15-7-3-9-17(20)13-15/h3,7,9,13,16,21,24H,2,4-6,8,10-12,14H2,1H3,(H,22,23)/t16-,19?/m1/s1. The number of rotatable bonds is 8. The lowest BCUT2D eigenvalue weighted by Gasteiger charge is -2.39. The maximum Gasteiger partial charge on any atom is 0.219 e. The van der Waals surface area contributed by atoms with E-state index >= 15 is 0 Å². The topological polar surface area (TPSA) is 61.4 Å². The van der Waals surface area contributed by atoms with Crippen molar-refractivity contribution in [3.63, 3.8) is 0 Å². The SMILES string of the molecule is CCCC(=O)NCCCC(O)(c1cccc(Cl)c1)[C@@H]1CCCNC1. The average Bonchev–Trinajstić information content (AvgIpc) is 2.59. The van der Waals surface area contributed by atoms with Gasteiger partial charge in [-0.2, -0.15) is 0 Å². The first kappa shape index (κ1) is 19.2. The lowest BCUT2D eigenvalue weighted by molar-refractivity contribution is -0.121. The summed E-state index contributed by atoms with van der Waals surface area (Å²) >= 11 is 6.14. The molecule has 0 radical (unpaired) electrons. The lowest BCUT2D eigenvalue weighted by atomic mass is 9.74. The van der Waals surface area contributed by atoms with Gasteiger partial charge >= 0.3 is 0 Å². The van der Waals surface area contributed by atoms with Crippen LogP contribution in [0.4, 0.5) is 0 Å². The molecule has 1 amide bonds. The van der Waals surface area contributed by atoms with E-state index in [4.69, 9.17) is 11.6 Å². The molecule has 1 heterocycles. The summed E-state index contributed by atoms with van der Waals surface area (Å²) in [6, 6.07) is 7.54. The van der Waals surface area contributed by atoms with Crippen LogP contribution < -0.4 is 10.6 Å². The Bertz CT molecular complexity index is 532. The van der Waals surface area contributed by atoms with Crippen LogP contribution in [0.15, 0.2) is 24.3 Å². The first-order chi connectivity index (χ1) is 11.6. The molecule has 0 saturated carbocycles. The summed E-state index contributed by atoms with van der Waals surface area (Å²) < 4.78 is 0. The van der Waals surface area contributed by atoms with Crippen LogP contribution in [0.3, 0.4) is 0 Å². The highest BCUT2D eigenvalue weighted by Crippen LogP contribution is 2.38. The molecule has 2 atom stereocenters. The van der Waals surface area contributed by atoms with E-state index in [2.05, 4.69) is 10.6 Å². The van der Waals surface area contributed by atoms with Crippen molar-refractivity contribution in [1.82, 2.24) is 10.6 Å². The number of halogens is 1. The fourth-order valence-corrected chi connectivity index (χ4v) is 3.69. The Kier molecular flexibility index (Phi) is 7.53.